The molecule has 2 N–H and O–H groups in total. The van der Waals surface area contributed by atoms with Gasteiger partial charge in [-0.3, -0.25) is 4.79 Å². The van der Waals surface area contributed by atoms with E-state index >= 15 is 0 Å². The van der Waals surface area contributed by atoms with Crippen molar-refractivity contribution in [3.63, 3.8) is 0 Å². The van der Waals surface area contributed by atoms with Crippen LogP contribution in [0.25, 0.3) is 0 Å². The first-order valence-electron chi connectivity index (χ1n) is 6.99. The number of nitrogens with one attached hydrogen (secondary N) is 1. The summed E-state index contributed by atoms with van der Waals surface area (Å²) in [6, 6.07) is 7.55. The summed E-state index contributed by atoms with van der Waals surface area (Å²) in [6.45, 7) is 1.29. The molecule has 0 saturated heterocycles. The minimum absolute atomic E-state index is 0.196. The highest BCUT2D eigenvalue weighted by molar-refractivity contribution is 6.30. The minimum Gasteiger partial charge on any atom is -0.492 e. The number of ether oxygens (including phenoxy) is 1. The van der Waals surface area contributed by atoms with Crippen LogP contribution in [0.15, 0.2) is 24.3 Å². The highest BCUT2D eigenvalue weighted by Crippen LogP contribution is 2.24. The first-order valence-corrected chi connectivity index (χ1v) is 7.37. The Bertz CT molecular complexity index is 435. The summed E-state index contributed by atoms with van der Waals surface area (Å²) in [5.41, 5.74) is 0. The van der Waals surface area contributed by atoms with E-state index in [9.17, 15) is 4.79 Å². The third kappa shape index (κ3) is 4.69. The third-order valence-corrected chi connectivity index (χ3v) is 3.89. The Kier molecular flexibility index (Phi) is 5.68. The molecular formula is C15H20ClNO3. The molecule has 1 saturated carbocycles. The van der Waals surface area contributed by atoms with Crippen LogP contribution < -0.4 is 10.1 Å². The van der Waals surface area contributed by atoms with Crippen molar-refractivity contribution in [2.24, 2.45) is 5.92 Å². The van der Waals surface area contributed by atoms with Crippen LogP contribution >= 0.6 is 11.6 Å². The molecule has 0 radical (unpaired) electrons. The van der Waals surface area contributed by atoms with Crippen molar-refractivity contribution in [1.82, 2.24) is 5.32 Å². The molecule has 0 heterocycles. The molecule has 110 valence electrons. The van der Waals surface area contributed by atoms with Crippen molar-refractivity contribution < 1.29 is 14.6 Å². The molecule has 1 aliphatic carbocycles. The molecule has 1 aliphatic rings. The Labute approximate surface area is 124 Å². The van der Waals surface area contributed by atoms with Crippen LogP contribution in [-0.4, -0.2) is 30.3 Å². The number of hydrogen-bond acceptors (Lipinski definition) is 3. The normalized spacial score (nSPS) is 22.4. The maximum atomic E-state index is 11.0. The standard InChI is InChI=1S/C15H20ClNO3/c16-12-4-6-14(7-5-12)20-9-8-17-13-3-1-2-11(10-13)15(18)19/h4-7,11,13,17H,1-3,8-10H2,(H,18,19). The number of aliphatic carboxylic acids is 1. The van der Waals surface area contributed by atoms with E-state index in [0.29, 0.717) is 17.7 Å². The van der Waals surface area contributed by atoms with Crippen LogP contribution in [0, 0.1) is 5.92 Å². The molecule has 0 amide bonds. The van der Waals surface area contributed by atoms with Gasteiger partial charge in [0.25, 0.3) is 0 Å². The van der Waals surface area contributed by atoms with Crippen LogP contribution in [0.2, 0.25) is 5.02 Å². The smallest absolute Gasteiger partial charge is 0.306 e. The van der Waals surface area contributed by atoms with E-state index in [1.165, 1.54) is 0 Å². The van der Waals surface area contributed by atoms with E-state index in [4.69, 9.17) is 21.4 Å². The van der Waals surface area contributed by atoms with Gasteiger partial charge in [-0.2, -0.15) is 0 Å². The van der Waals surface area contributed by atoms with E-state index in [1.54, 1.807) is 12.1 Å². The van der Waals surface area contributed by atoms with Crippen molar-refractivity contribution in [3.8, 4) is 5.75 Å². The number of carboxylic acid groups (broad SMARTS) is 1. The van der Waals surface area contributed by atoms with E-state index in [-0.39, 0.29) is 5.92 Å². The lowest BCUT2D eigenvalue weighted by atomic mass is 9.86. The van der Waals surface area contributed by atoms with E-state index in [1.807, 2.05) is 12.1 Å². The summed E-state index contributed by atoms with van der Waals surface area (Å²) in [7, 11) is 0. The molecule has 2 unspecified atom stereocenters. The van der Waals surface area contributed by atoms with Gasteiger partial charge in [-0.05, 0) is 43.5 Å². The summed E-state index contributed by atoms with van der Waals surface area (Å²) in [5.74, 6) is -0.0735. The predicted octanol–water partition coefficient (Wildman–Crippen LogP) is 2.95. The third-order valence-electron chi connectivity index (χ3n) is 3.64. The summed E-state index contributed by atoms with van der Waals surface area (Å²) in [6.07, 6.45) is 3.54. The SMILES string of the molecule is O=C(O)C1CCCC(NCCOc2ccc(Cl)cc2)C1. The quantitative estimate of drug-likeness (QED) is 0.793. The Balaban J connectivity index is 1.65. The Morgan fingerprint density at radius 1 is 1.35 bits per heavy atom. The van der Waals surface area contributed by atoms with Gasteiger partial charge in [0.2, 0.25) is 0 Å². The Hall–Kier alpha value is -1.26. The van der Waals surface area contributed by atoms with Crippen molar-refractivity contribution >= 4 is 17.6 Å². The molecule has 2 atom stereocenters. The number of rotatable bonds is 6. The Morgan fingerprint density at radius 3 is 2.80 bits per heavy atom. The minimum atomic E-state index is -0.672. The molecule has 0 spiro atoms. The molecule has 20 heavy (non-hydrogen) atoms. The average molecular weight is 298 g/mol. The summed E-state index contributed by atoms with van der Waals surface area (Å²) < 4.78 is 5.59. The average Bonchev–Trinajstić information content (AvgIpc) is 2.46. The maximum absolute atomic E-state index is 11.0. The lowest BCUT2D eigenvalue weighted by molar-refractivity contribution is -0.143. The van der Waals surface area contributed by atoms with Crippen LogP contribution in [0.4, 0.5) is 0 Å². The zero-order valence-electron chi connectivity index (χ0n) is 11.3. The highest BCUT2D eigenvalue weighted by Gasteiger charge is 2.26. The number of benzene rings is 1. The number of carboxylic acids is 1. The van der Waals surface area contributed by atoms with Crippen molar-refractivity contribution in [2.75, 3.05) is 13.2 Å². The molecular weight excluding hydrogens is 278 g/mol. The van der Waals surface area contributed by atoms with Crippen LogP contribution in [0.1, 0.15) is 25.7 Å². The van der Waals surface area contributed by atoms with Crippen molar-refractivity contribution in [3.05, 3.63) is 29.3 Å². The molecule has 1 aromatic rings. The van der Waals surface area contributed by atoms with Gasteiger partial charge in [0.05, 0.1) is 5.92 Å². The summed E-state index contributed by atoms with van der Waals surface area (Å²) >= 11 is 5.80. The number of carbonyl (C=O) groups is 1. The molecule has 1 fully saturated rings. The largest absolute Gasteiger partial charge is 0.492 e. The lowest BCUT2D eigenvalue weighted by Crippen LogP contribution is -2.38. The maximum Gasteiger partial charge on any atom is 0.306 e. The highest BCUT2D eigenvalue weighted by atomic mass is 35.5. The second-order valence-corrected chi connectivity index (χ2v) is 5.59. The molecule has 0 aromatic heterocycles. The van der Waals surface area contributed by atoms with Gasteiger partial charge in [-0.15, -0.1) is 0 Å². The monoisotopic (exact) mass is 297 g/mol. The van der Waals surface area contributed by atoms with Gasteiger partial charge < -0.3 is 15.2 Å². The fourth-order valence-corrected chi connectivity index (χ4v) is 2.69. The van der Waals surface area contributed by atoms with Gasteiger partial charge in [0, 0.05) is 17.6 Å². The van der Waals surface area contributed by atoms with Gasteiger partial charge in [-0.1, -0.05) is 18.0 Å². The van der Waals surface area contributed by atoms with Crippen LogP contribution in [-0.2, 0) is 4.79 Å². The second kappa shape index (κ2) is 7.50. The number of hydrogen-bond donors (Lipinski definition) is 2. The van der Waals surface area contributed by atoms with Crippen molar-refractivity contribution in [1.29, 1.82) is 0 Å². The van der Waals surface area contributed by atoms with Gasteiger partial charge in [0.1, 0.15) is 12.4 Å². The Morgan fingerprint density at radius 2 is 2.10 bits per heavy atom. The molecule has 2 rings (SSSR count). The zero-order valence-corrected chi connectivity index (χ0v) is 12.1. The molecule has 1 aromatic carbocycles. The predicted molar refractivity (Wildman–Crippen MR) is 78.3 cm³/mol. The first-order chi connectivity index (χ1) is 9.65. The van der Waals surface area contributed by atoms with Gasteiger partial charge in [0.15, 0.2) is 0 Å². The molecule has 0 bridgehead atoms. The lowest BCUT2D eigenvalue weighted by Gasteiger charge is -2.27. The number of halogens is 1. The molecule has 4 nitrogen and oxygen atoms in total. The van der Waals surface area contributed by atoms with E-state index in [2.05, 4.69) is 5.32 Å². The van der Waals surface area contributed by atoms with E-state index in [0.717, 1.165) is 38.0 Å². The van der Waals surface area contributed by atoms with Crippen molar-refractivity contribution in [2.45, 2.75) is 31.7 Å². The molecule has 0 aliphatic heterocycles. The fourth-order valence-electron chi connectivity index (χ4n) is 2.56. The zero-order chi connectivity index (χ0) is 14.4. The molecule has 5 heteroatoms. The fraction of sp³-hybridized carbons (Fsp3) is 0.533. The van der Waals surface area contributed by atoms with E-state index < -0.39 is 5.97 Å². The first kappa shape index (κ1) is 15.1. The van der Waals surface area contributed by atoms with Crippen LogP contribution in [0.5, 0.6) is 5.75 Å². The summed E-state index contributed by atoms with van der Waals surface area (Å²) in [4.78, 5) is 11.0. The summed E-state index contributed by atoms with van der Waals surface area (Å²) in [5, 5.41) is 13.1. The van der Waals surface area contributed by atoms with Gasteiger partial charge >= 0.3 is 5.97 Å². The second-order valence-electron chi connectivity index (χ2n) is 5.16. The topological polar surface area (TPSA) is 58.6 Å². The van der Waals surface area contributed by atoms with Crippen LogP contribution in [0.3, 0.4) is 0 Å². The van der Waals surface area contributed by atoms with Gasteiger partial charge in [-0.25, -0.2) is 0 Å².